The molecule has 0 atom stereocenters. The van der Waals surface area contributed by atoms with Gasteiger partial charge in [-0.05, 0) is 24.3 Å². The highest BCUT2D eigenvalue weighted by Crippen LogP contribution is 2.24. The summed E-state index contributed by atoms with van der Waals surface area (Å²) in [4.78, 5) is 19.2. The Hall–Kier alpha value is -3.42. The van der Waals surface area contributed by atoms with Gasteiger partial charge in [-0.1, -0.05) is 0 Å². The number of rotatable bonds is 2. The van der Waals surface area contributed by atoms with Crippen molar-refractivity contribution in [3.8, 4) is 11.4 Å². The molecular weight excluding hydrogens is 284 g/mol. The van der Waals surface area contributed by atoms with Crippen molar-refractivity contribution in [1.82, 2.24) is 24.6 Å². The third-order valence-electron chi connectivity index (χ3n) is 3.34. The Morgan fingerprint density at radius 3 is 2.73 bits per heavy atom. The Labute approximate surface area is 123 Å². The van der Waals surface area contributed by atoms with Crippen molar-refractivity contribution in [2.75, 3.05) is 0 Å². The molecule has 0 amide bonds. The van der Waals surface area contributed by atoms with Gasteiger partial charge in [0.05, 0.1) is 10.4 Å². The zero-order valence-electron chi connectivity index (χ0n) is 11.1. The minimum absolute atomic E-state index is 0.0335. The smallest absolute Gasteiger partial charge is 0.263 e. The lowest BCUT2D eigenvalue weighted by Crippen LogP contribution is -1.98. The van der Waals surface area contributed by atoms with Gasteiger partial charge >= 0.3 is 0 Å². The second-order valence-corrected chi connectivity index (χ2v) is 4.64. The number of aromatic nitrogens is 5. The highest BCUT2D eigenvalue weighted by molar-refractivity contribution is 5.89. The largest absolute Gasteiger partial charge is 0.269 e. The van der Waals surface area contributed by atoms with Crippen molar-refractivity contribution in [1.29, 1.82) is 0 Å². The Morgan fingerprint density at radius 1 is 1.14 bits per heavy atom. The van der Waals surface area contributed by atoms with Gasteiger partial charge < -0.3 is 0 Å². The minimum Gasteiger partial charge on any atom is -0.263 e. The molecule has 0 N–H and O–H groups in total. The van der Waals surface area contributed by atoms with Gasteiger partial charge in [0.2, 0.25) is 0 Å². The van der Waals surface area contributed by atoms with E-state index in [4.69, 9.17) is 0 Å². The first-order valence-corrected chi connectivity index (χ1v) is 6.43. The SMILES string of the molecule is O=[N+]([O-])c1ccc(-c2nc3cccnc3c3nncn23)cc1. The Morgan fingerprint density at radius 2 is 1.95 bits per heavy atom. The molecule has 0 spiro atoms. The first kappa shape index (κ1) is 12.3. The highest BCUT2D eigenvalue weighted by Gasteiger charge is 2.13. The zero-order valence-corrected chi connectivity index (χ0v) is 11.1. The second kappa shape index (κ2) is 4.55. The van der Waals surface area contributed by atoms with Gasteiger partial charge in [0.25, 0.3) is 5.69 Å². The lowest BCUT2D eigenvalue weighted by Gasteiger charge is -2.06. The molecule has 4 aromatic rings. The summed E-state index contributed by atoms with van der Waals surface area (Å²) in [6.07, 6.45) is 3.22. The molecule has 0 aliphatic heterocycles. The molecule has 0 aliphatic rings. The van der Waals surface area contributed by atoms with Crippen molar-refractivity contribution >= 4 is 22.4 Å². The number of benzene rings is 1. The van der Waals surface area contributed by atoms with Crippen LogP contribution in [0.1, 0.15) is 0 Å². The summed E-state index contributed by atoms with van der Waals surface area (Å²) in [7, 11) is 0. The van der Waals surface area contributed by atoms with Crippen molar-refractivity contribution in [3.63, 3.8) is 0 Å². The van der Waals surface area contributed by atoms with E-state index in [1.807, 2.05) is 6.07 Å². The van der Waals surface area contributed by atoms with Crippen LogP contribution in [0.15, 0.2) is 48.9 Å². The van der Waals surface area contributed by atoms with E-state index in [1.54, 1.807) is 35.1 Å². The number of nitrogens with zero attached hydrogens (tertiary/aromatic N) is 6. The maximum atomic E-state index is 10.8. The van der Waals surface area contributed by atoms with Gasteiger partial charge in [-0.25, -0.2) is 4.98 Å². The quantitative estimate of drug-likeness (QED) is 0.415. The van der Waals surface area contributed by atoms with Crippen LogP contribution in [0.4, 0.5) is 5.69 Å². The van der Waals surface area contributed by atoms with Crippen molar-refractivity contribution in [2.45, 2.75) is 0 Å². The topological polar surface area (TPSA) is 99.1 Å². The van der Waals surface area contributed by atoms with Crippen LogP contribution in [-0.4, -0.2) is 29.5 Å². The van der Waals surface area contributed by atoms with E-state index in [1.165, 1.54) is 12.1 Å². The molecule has 3 aromatic heterocycles. The van der Waals surface area contributed by atoms with Gasteiger partial charge in [-0.15, -0.1) is 10.2 Å². The molecule has 0 unspecified atom stereocenters. The van der Waals surface area contributed by atoms with Gasteiger partial charge in [0.15, 0.2) is 5.65 Å². The summed E-state index contributed by atoms with van der Waals surface area (Å²) in [6, 6.07) is 9.83. The van der Waals surface area contributed by atoms with Crippen molar-refractivity contribution in [3.05, 3.63) is 59.0 Å². The maximum absolute atomic E-state index is 10.8. The number of fused-ring (bicyclic) bond motifs is 3. The zero-order chi connectivity index (χ0) is 15.1. The molecule has 8 heteroatoms. The second-order valence-electron chi connectivity index (χ2n) is 4.64. The Balaban J connectivity index is 2.00. The summed E-state index contributed by atoms with van der Waals surface area (Å²) in [5.74, 6) is 0.607. The van der Waals surface area contributed by atoms with E-state index >= 15 is 0 Å². The van der Waals surface area contributed by atoms with Gasteiger partial charge in [-0.3, -0.25) is 19.5 Å². The number of pyridine rings is 1. The van der Waals surface area contributed by atoms with Crippen LogP contribution in [0.3, 0.4) is 0 Å². The molecular formula is C14H8N6O2. The van der Waals surface area contributed by atoms with Crippen molar-refractivity contribution < 1.29 is 4.92 Å². The number of non-ortho nitro benzene ring substituents is 1. The lowest BCUT2D eigenvalue weighted by molar-refractivity contribution is -0.384. The maximum Gasteiger partial charge on any atom is 0.269 e. The number of nitro groups is 1. The van der Waals surface area contributed by atoms with Gasteiger partial charge in [0.1, 0.15) is 17.7 Å². The fourth-order valence-electron chi connectivity index (χ4n) is 2.31. The molecule has 0 bridgehead atoms. The van der Waals surface area contributed by atoms with Crippen LogP contribution in [-0.2, 0) is 0 Å². The highest BCUT2D eigenvalue weighted by atomic mass is 16.6. The summed E-state index contributed by atoms with van der Waals surface area (Å²) in [5.41, 5.74) is 2.72. The van der Waals surface area contributed by atoms with Crippen LogP contribution >= 0.6 is 0 Å². The number of hydrogen-bond acceptors (Lipinski definition) is 6. The van der Waals surface area contributed by atoms with E-state index in [-0.39, 0.29) is 5.69 Å². The summed E-state index contributed by atoms with van der Waals surface area (Å²) < 4.78 is 1.72. The monoisotopic (exact) mass is 292 g/mol. The molecule has 0 saturated heterocycles. The first-order valence-electron chi connectivity index (χ1n) is 6.43. The van der Waals surface area contributed by atoms with Gasteiger partial charge in [-0.2, -0.15) is 0 Å². The fourth-order valence-corrected chi connectivity index (χ4v) is 2.31. The molecule has 106 valence electrons. The van der Waals surface area contributed by atoms with Crippen molar-refractivity contribution in [2.24, 2.45) is 0 Å². The van der Waals surface area contributed by atoms with Crippen LogP contribution in [0.5, 0.6) is 0 Å². The predicted octanol–water partition coefficient (Wildman–Crippen LogP) is 2.25. The molecule has 0 radical (unpaired) electrons. The third kappa shape index (κ3) is 1.78. The van der Waals surface area contributed by atoms with Crippen LogP contribution < -0.4 is 0 Å². The van der Waals surface area contributed by atoms with Crippen LogP contribution in [0.2, 0.25) is 0 Å². The Bertz CT molecular complexity index is 1010. The lowest BCUT2D eigenvalue weighted by atomic mass is 10.2. The van der Waals surface area contributed by atoms with Crippen LogP contribution in [0.25, 0.3) is 28.1 Å². The van der Waals surface area contributed by atoms with E-state index in [0.29, 0.717) is 22.5 Å². The number of nitro benzene ring substituents is 1. The molecule has 0 fully saturated rings. The van der Waals surface area contributed by atoms with E-state index < -0.39 is 4.92 Å². The third-order valence-corrected chi connectivity index (χ3v) is 3.34. The fraction of sp³-hybridized carbons (Fsp3) is 0. The molecule has 1 aromatic carbocycles. The normalized spacial score (nSPS) is 11.1. The average molecular weight is 292 g/mol. The van der Waals surface area contributed by atoms with E-state index in [2.05, 4.69) is 20.2 Å². The molecule has 4 rings (SSSR count). The predicted molar refractivity (Wildman–Crippen MR) is 78.2 cm³/mol. The summed E-state index contributed by atoms with van der Waals surface area (Å²) >= 11 is 0. The van der Waals surface area contributed by atoms with Gasteiger partial charge in [0, 0.05) is 23.9 Å². The first-order chi connectivity index (χ1) is 10.7. The standard InChI is InChI=1S/C14H8N6O2/c21-20(22)10-5-3-9(4-6-10)13-17-11-2-1-7-15-12(11)14-18-16-8-19(13)14/h1-8H. The van der Waals surface area contributed by atoms with E-state index in [0.717, 1.165) is 5.56 Å². The number of hydrogen-bond donors (Lipinski definition) is 0. The van der Waals surface area contributed by atoms with Crippen LogP contribution in [0, 0.1) is 10.1 Å². The molecule has 0 saturated carbocycles. The van der Waals surface area contributed by atoms with E-state index in [9.17, 15) is 10.1 Å². The molecule has 8 nitrogen and oxygen atoms in total. The molecule has 0 aliphatic carbocycles. The Kier molecular flexibility index (Phi) is 2.55. The average Bonchev–Trinajstić information content (AvgIpc) is 3.04. The summed E-state index contributed by atoms with van der Waals surface area (Å²) in [6.45, 7) is 0. The summed E-state index contributed by atoms with van der Waals surface area (Å²) in [5, 5.41) is 18.7. The molecule has 3 heterocycles. The minimum atomic E-state index is -0.435. The molecule has 22 heavy (non-hydrogen) atoms.